The fourth-order valence-corrected chi connectivity index (χ4v) is 1.98. The van der Waals surface area contributed by atoms with E-state index in [1.54, 1.807) is 0 Å². The van der Waals surface area contributed by atoms with Crippen LogP contribution in [-0.2, 0) is 0 Å². The highest BCUT2D eigenvalue weighted by atomic mass is 16.3. The SMILES string of the molecule is CC=C(C)C(O)CCN(CCCO)CCCCCO. The Balaban J connectivity index is 3.97. The van der Waals surface area contributed by atoms with E-state index >= 15 is 0 Å². The lowest BCUT2D eigenvalue weighted by Crippen LogP contribution is -2.30. The second-order valence-electron chi connectivity index (χ2n) is 5.04. The van der Waals surface area contributed by atoms with E-state index < -0.39 is 0 Å². The van der Waals surface area contributed by atoms with E-state index in [4.69, 9.17) is 10.2 Å². The van der Waals surface area contributed by atoms with Gasteiger partial charge in [0, 0.05) is 26.3 Å². The number of nitrogens with zero attached hydrogens (tertiary/aromatic N) is 1. The van der Waals surface area contributed by atoms with Crippen molar-refractivity contribution in [2.45, 2.75) is 52.1 Å². The van der Waals surface area contributed by atoms with Crippen molar-refractivity contribution in [2.75, 3.05) is 32.8 Å². The van der Waals surface area contributed by atoms with Gasteiger partial charge in [0.2, 0.25) is 0 Å². The Hall–Kier alpha value is -0.420. The predicted molar refractivity (Wildman–Crippen MR) is 79.1 cm³/mol. The summed E-state index contributed by atoms with van der Waals surface area (Å²) in [5.41, 5.74) is 1.02. The lowest BCUT2D eigenvalue weighted by atomic mass is 10.1. The van der Waals surface area contributed by atoms with Gasteiger partial charge in [-0.05, 0) is 58.1 Å². The molecule has 0 bridgehead atoms. The molecular weight excluding hydrogens is 242 g/mol. The first-order valence-corrected chi connectivity index (χ1v) is 7.40. The molecule has 0 fully saturated rings. The molecule has 0 spiro atoms. The highest BCUT2D eigenvalue weighted by Gasteiger charge is 2.10. The monoisotopic (exact) mass is 273 g/mol. The molecule has 1 atom stereocenters. The van der Waals surface area contributed by atoms with Crippen LogP contribution in [0, 0.1) is 0 Å². The van der Waals surface area contributed by atoms with Crippen molar-refractivity contribution < 1.29 is 15.3 Å². The molecule has 0 saturated carbocycles. The standard InChI is InChI=1S/C15H31NO3/c1-3-14(2)15(19)8-11-16(10-7-13-18)9-5-4-6-12-17/h3,15,17-19H,4-13H2,1-2H3. The number of hydrogen-bond acceptors (Lipinski definition) is 4. The Bertz CT molecular complexity index is 231. The van der Waals surface area contributed by atoms with E-state index in [1.807, 2.05) is 19.9 Å². The molecule has 0 amide bonds. The zero-order valence-electron chi connectivity index (χ0n) is 12.5. The Morgan fingerprint density at radius 2 is 1.63 bits per heavy atom. The van der Waals surface area contributed by atoms with Gasteiger partial charge in [-0.3, -0.25) is 0 Å². The smallest absolute Gasteiger partial charge is 0.0759 e. The molecule has 0 aromatic carbocycles. The summed E-state index contributed by atoms with van der Waals surface area (Å²) in [7, 11) is 0. The van der Waals surface area contributed by atoms with Crippen LogP contribution in [0.5, 0.6) is 0 Å². The second-order valence-corrected chi connectivity index (χ2v) is 5.04. The number of rotatable bonds is 12. The van der Waals surface area contributed by atoms with Gasteiger partial charge in [-0.25, -0.2) is 0 Å². The first-order valence-electron chi connectivity index (χ1n) is 7.40. The third-order valence-electron chi connectivity index (χ3n) is 3.46. The van der Waals surface area contributed by atoms with Gasteiger partial charge in [-0.2, -0.15) is 0 Å². The van der Waals surface area contributed by atoms with Crippen molar-refractivity contribution in [3.05, 3.63) is 11.6 Å². The van der Waals surface area contributed by atoms with Crippen LogP contribution in [0.25, 0.3) is 0 Å². The van der Waals surface area contributed by atoms with Gasteiger partial charge >= 0.3 is 0 Å². The predicted octanol–water partition coefficient (Wildman–Crippen LogP) is 1.55. The summed E-state index contributed by atoms with van der Waals surface area (Å²) in [5, 5.41) is 27.6. The average Bonchev–Trinajstić information content (AvgIpc) is 2.44. The maximum atomic E-state index is 9.92. The second kappa shape index (κ2) is 12.6. The Kier molecular flexibility index (Phi) is 12.3. The quantitative estimate of drug-likeness (QED) is 0.373. The number of hydrogen-bond donors (Lipinski definition) is 3. The fraction of sp³-hybridized carbons (Fsp3) is 0.867. The molecule has 0 aliphatic carbocycles. The fourth-order valence-electron chi connectivity index (χ4n) is 1.98. The highest BCUT2D eigenvalue weighted by Crippen LogP contribution is 2.08. The molecule has 3 N–H and O–H groups in total. The van der Waals surface area contributed by atoms with Gasteiger partial charge < -0.3 is 20.2 Å². The lowest BCUT2D eigenvalue weighted by molar-refractivity contribution is 0.159. The van der Waals surface area contributed by atoms with Gasteiger partial charge in [0.15, 0.2) is 0 Å². The van der Waals surface area contributed by atoms with Crippen LogP contribution < -0.4 is 0 Å². The third-order valence-corrected chi connectivity index (χ3v) is 3.46. The molecule has 0 aromatic rings. The van der Waals surface area contributed by atoms with Gasteiger partial charge in [0.05, 0.1) is 6.10 Å². The largest absolute Gasteiger partial charge is 0.396 e. The van der Waals surface area contributed by atoms with Crippen LogP contribution in [0.3, 0.4) is 0 Å². The summed E-state index contributed by atoms with van der Waals surface area (Å²) >= 11 is 0. The summed E-state index contributed by atoms with van der Waals surface area (Å²) in [6.45, 7) is 7.06. The summed E-state index contributed by atoms with van der Waals surface area (Å²) in [6, 6.07) is 0. The van der Waals surface area contributed by atoms with Gasteiger partial charge in [-0.1, -0.05) is 6.08 Å². The van der Waals surface area contributed by atoms with Crippen molar-refractivity contribution in [3.8, 4) is 0 Å². The molecule has 1 unspecified atom stereocenters. The minimum atomic E-state index is -0.362. The molecule has 0 rings (SSSR count). The molecular formula is C15H31NO3. The Morgan fingerprint density at radius 1 is 1.00 bits per heavy atom. The molecule has 0 saturated heterocycles. The number of aliphatic hydroxyl groups excluding tert-OH is 3. The van der Waals surface area contributed by atoms with Crippen LogP contribution in [0.15, 0.2) is 11.6 Å². The number of allylic oxidation sites excluding steroid dienone is 1. The van der Waals surface area contributed by atoms with Gasteiger partial charge in [0.1, 0.15) is 0 Å². The zero-order valence-corrected chi connectivity index (χ0v) is 12.5. The summed E-state index contributed by atoms with van der Waals surface area (Å²) in [5.74, 6) is 0. The molecule has 0 heterocycles. The molecule has 4 heteroatoms. The summed E-state index contributed by atoms with van der Waals surface area (Å²) in [4.78, 5) is 2.29. The Labute approximate surface area is 117 Å². The highest BCUT2D eigenvalue weighted by molar-refractivity contribution is 5.02. The maximum absolute atomic E-state index is 9.92. The summed E-state index contributed by atoms with van der Waals surface area (Å²) in [6.07, 6.45) is 6.05. The topological polar surface area (TPSA) is 63.9 Å². The third kappa shape index (κ3) is 10.1. The average molecular weight is 273 g/mol. The van der Waals surface area contributed by atoms with Crippen LogP contribution in [-0.4, -0.2) is 59.2 Å². The normalized spacial score (nSPS) is 14.1. The van der Waals surface area contributed by atoms with Crippen LogP contribution in [0.2, 0.25) is 0 Å². The van der Waals surface area contributed by atoms with Crippen molar-refractivity contribution in [3.63, 3.8) is 0 Å². The van der Waals surface area contributed by atoms with E-state index in [0.717, 1.165) is 57.3 Å². The first-order chi connectivity index (χ1) is 9.15. The molecule has 0 aromatic heterocycles. The molecule has 0 radical (unpaired) electrons. The van der Waals surface area contributed by atoms with Gasteiger partial charge in [-0.15, -0.1) is 0 Å². The van der Waals surface area contributed by atoms with E-state index in [0.29, 0.717) is 0 Å². The minimum Gasteiger partial charge on any atom is -0.396 e. The van der Waals surface area contributed by atoms with Crippen LogP contribution in [0.4, 0.5) is 0 Å². The van der Waals surface area contributed by atoms with Crippen molar-refractivity contribution in [1.82, 2.24) is 4.90 Å². The van der Waals surface area contributed by atoms with E-state index in [2.05, 4.69) is 4.90 Å². The van der Waals surface area contributed by atoms with Crippen LogP contribution >= 0.6 is 0 Å². The van der Waals surface area contributed by atoms with E-state index in [1.165, 1.54) is 0 Å². The Morgan fingerprint density at radius 3 is 2.21 bits per heavy atom. The van der Waals surface area contributed by atoms with E-state index in [-0.39, 0.29) is 19.3 Å². The van der Waals surface area contributed by atoms with Crippen molar-refractivity contribution >= 4 is 0 Å². The number of aliphatic hydroxyl groups is 3. The first kappa shape index (κ1) is 18.6. The molecule has 4 nitrogen and oxygen atoms in total. The zero-order chi connectivity index (χ0) is 14.5. The molecule has 19 heavy (non-hydrogen) atoms. The number of unbranched alkanes of at least 4 members (excludes halogenated alkanes) is 2. The maximum Gasteiger partial charge on any atom is 0.0759 e. The summed E-state index contributed by atoms with van der Waals surface area (Å²) < 4.78 is 0. The molecule has 0 aliphatic heterocycles. The minimum absolute atomic E-state index is 0.212. The molecule has 0 aliphatic rings. The van der Waals surface area contributed by atoms with Crippen molar-refractivity contribution in [2.24, 2.45) is 0 Å². The van der Waals surface area contributed by atoms with Gasteiger partial charge in [0.25, 0.3) is 0 Å². The molecule has 114 valence electrons. The lowest BCUT2D eigenvalue weighted by Gasteiger charge is -2.23. The van der Waals surface area contributed by atoms with E-state index in [9.17, 15) is 5.11 Å². The van der Waals surface area contributed by atoms with Crippen molar-refractivity contribution in [1.29, 1.82) is 0 Å². The van der Waals surface area contributed by atoms with Crippen LogP contribution in [0.1, 0.15) is 46.0 Å².